The van der Waals surface area contributed by atoms with E-state index >= 15 is 0 Å². The Bertz CT molecular complexity index is 747. The summed E-state index contributed by atoms with van der Waals surface area (Å²) in [5, 5.41) is 4.35. The molecular weight excluding hydrogens is 371 g/mol. The molecule has 0 aliphatic carbocycles. The summed E-state index contributed by atoms with van der Waals surface area (Å²) in [6.45, 7) is 8.84. The highest BCUT2D eigenvalue weighted by molar-refractivity contribution is 7.95. The Morgan fingerprint density at radius 2 is 1.00 bits per heavy atom. The molecule has 0 radical (unpaired) electrons. The topological polar surface area (TPSA) is 9.23 Å². The van der Waals surface area contributed by atoms with Crippen LogP contribution in [0.1, 0.15) is 34.1 Å². The Morgan fingerprint density at radius 3 is 1.31 bits per heavy atom. The van der Waals surface area contributed by atoms with Crippen molar-refractivity contribution in [2.24, 2.45) is 5.92 Å². The van der Waals surface area contributed by atoms with Gasteiger partial charge in [-0.2, -0.15) is 0 Å². The lowest BCUT2D eigenvalue weighted by atomic mass is 10.1. The van der Waals surface area contributed by atoms with Crippen molar-refractivity contribution in [3.05, 3.63) is 91.0 Å². The van der Waals surface area contributed by atoms with Crippen LogP contribution in [-0.2, 0) is 4.74 Å². The summed E-state index contributed by atoms with van der Waals surface area (Å²) in [4.78, 5) is 0. The van der Waals surface area contributed by atoms with Gasteiger partial charge < -0.3 is 4.74 Å². The molecule has 0 amide bonds. The number of hydrogen-bond acceptors (Lipinski definition) is 1. The first-order valence-corrected chi connectivity index (χ1v) is 12.7. The third-order valence-electron chi connectivity index (χ3n) is 5.53. The fraction of sp³-hybridized carbons (Fsp3) is 0.333. The van der Waals surface area contributed by atoms with Crippen LogP contribution in [0.2, 0.25) is 0 Å². The molecule has 0 heterocycles. The van der Waals surface area contributed by atoms with Gasteiger partial charge in [0.15, 0.2) is 0 Å². The lowest BCUT2D eigenvalue weighted by molar-refractivity contribution is -0.0192. The molecule has 3 rings (SSSR count). The zero-order valence-electron chi connectivity index (χ0n) is 18.2. The minimum Gasteiger partial charge on any atom is -0.375 e. The van der Waals surface area contributed by atoms with E-state index in [1.807, 2.05) is 0 Å². The van der Waals surface area contributed by atoms with Crippen LogP contribution in [-0.4, -0.2) is 18.4 Å². The van der Waals surface area contributed by atoms with Gasteiger partial charge in [0.2, 0.25) is 0 Å². The van der Waals surface area contributed by atoms with Gasteiger partial charge in [0.25, 0.3) is 0 Å². The first-order valence-electron chi connectivity index (χ1n) is 10.7. The van der Waals surface area contributed by atoms with E-state index in [4.69, 9.17) is 4.74 Å². The summed E-state index contributed by atoms with van der Waals surface area (Å²) in [6.07, 6.45) is 2.69. The average Bonchev–Trinajstić information content (AvgIpc) is 2.75. The van der Waals surface area contributed by atoms with Gasteiger partial charge in [0.1, 0.15) is 23.2 Å². The molecule has 1 atom stereocenters. The molecular formula is C27H34OP+. The monoisotopic (exact) mass is 405 g/mol. The maximum atomic E-state index is 6.33. The number of benzene rings is 3. The van der Waals surface area contributed by atoms with Gasteiger partial charge >= 0.3 is 0 Å². The van der Waals surface area contributed by atoms with Gasteiger partial charge in [-0.15, -0.1) is 0 Å². The molecule has 0 aliphatic rings. The molecule has 0 aromatic heterocycles. The van der Waals surface area contributed by atoms with Crippen molar-refractivity contribution in [3.8, 4) is 0 Å². The summed E-state index contributed by atoms with van der Waals surface area (Å²) in [7, 11) is -1.77. The number of hydrogen-bond donors (Lipinski definition) is 0. The second kappa shape index (κ2) is 10.2. The van der Waals surface area contributed by atoms with Crippen molar-refractivity contribution in [1.29, 1.82) is 0 Å². The Balaban J connectivity index is 2.12. The highest BCUT2D eigenvalue weighted by Gasteiger charge is 2.45. The van der Waals surface area contributed by atoms with E-state index in [0.29, 0.717) is 5.92 Å². The highest BCUT2D eigenvalue weighted by atomic mass is 31.2. The highest BCUT2D eigenvalue weighted by Crippen LogP contribution is 2.56. The van der Waals surface area contributed by atoms with Gasteiger partial charge in [0.05, 0.1) is 18.4 Å². The fourth-order valence-electron chi connectivity index (χ4n) is 4.11. The molecule has 0 aliphatic heterocycles. The zero-order chi connectivity index (χ0) is 20.7. The zero-order valence-corrected chi connectivity index (χ0v) is 19.1. The van der Waals surface area contributed by atoms with Crippen LogP contribution in [0.4, 0.5) is 0 Å². The number of rotatable bonds is 9. The standard InChI is InChI=1S/C27H34OP/c1-22(2)27(28-23(3)4)20-21-29(24-14-8-5-9-15-24,25-16-10-6-11-17-25)26-18-12-7-13-19-26/h5-19,22-23,27H,20-21H2,1-4H3/q+1/t27-/m1/s1. The Labute approximate surface area is 177 Å². The third-order valence-corrected chi connectivity index (χ3v) is 10.00. The molecule has 3 aromatic carbocycles. The van der Waals surface area contributed by atoms with Crippen LogP contribution in [0.3, 0.4) is 0 Å². The largest absolute Gasteiger partial charge is 0.375 e. The lowest BCUT2D eigenvalue weighted by Gasteiger charge is -2.31. The van der Waals surface area contributed by atoms with Crippen molar-refractivity contribution in [2.75, 3.05) is 6.16 Å². The van der Waals surface area contributed by atoms with Crippen LogP contribution in [0.5, 0.6) is 0 Å². The van der Waals surface area contributed by atoms with E-state index in [-0.39, 0.29) is 12.2 Å². The smallest absolute Gasteiger partial charge is 0.112 e. The molecule has 2 heteroatoms. The molecule has 0 saturated heterocycles. The second-order valence-electron chi connectivity index (χ2n) is 8.30. The summed E-state index contributed by atoms with van der Waals surface area (Å²) >= 11 is 0. The van der Waals surface area contributed by atoms with E-state index in [9.17, 15) is 0 Å². The molecule has 0 N–H and O–H groups in total. The van der Waals surface area contributed by atoms with E-state index in [1.165, 1.54) is 15.9 Å². The van der Waals surface area contributed by atoms with Crippen molar-refractivity contribution in [3.63, 3.8) is 0 Å². The first-order chi connectivity index (χ1) is 14.0. The van der Waals surface area contributed by atoms with Crippen molar-refractivity contribution in [1.82, 2.24) is 0 Å². The van der Waals surface area contributed by atoms with Gasteiger partial charge in [0, 0.05) is 6.42 Å². The predicted molar refractivity (Wildman–Crippen MR) is 129 cm³/mol. The Hall–Kier alpha value is -1.95. The predicted octanol–water partition coefficient (Wildman–Crippen LogP) is 5.82. The average molecular weight is 406 g/mol. The molecule has 3 aromatic rings. The fourth-order valence-corrected chi connectivity index (χ4v) is 8.47. The SMILES string of the molecule is CC(C)O[C@H](CC[P+](c1ccccc1)(c1ccccc1)c1ccccc1)C(C)C. The summed E-state index contributed by atoms with van der Waals surface area (Å²) < 4.78 is 6.33. The summed E-state index contributed by atoms with van der Waals surface area (Å²) in [6, 6.07) is 33.4. The second-order valence-corrected chi connectivity index (χ2v) is 11.9. The van der Waals surface area contributed by atoms with E-state index in [2.05, 4.69) is 119 Å². The van der Waals surface area contributed by atoms with Gasteiger partial charge in [-0.05, 0) is 56.2 Å². The van der Waals surface area contributed by atoms with Crippen LogP contribution in [0.25, 0.3) is 0 Å². The van der Waals surface area contributed by atoms with Crippen molar-refractivity contribution in [2.45, 2.75) is 46.3 Å². The van der Waals surface area contributed by atoms with Gasteiger partial charge in [-0.1, -0.05) is 68.4 Å². The summed E-state index contributed by atoms with van der Waals surface area (Å²) in [5.41, 5.74) is 0. The van der Waals surface area contributed by atoms with Crippen LogP contribution in [0.15, 0.2) is 91.0 Å². The van der Waals surface area contributed by atoms with Crippen LogP contribution < -0.4 is 15.9 Å². The van der Waals surface area contributed by atoms with E-state index in [1.54, 1.807) is 0 Å². The van der Waals surface area contributed by atoms with Crippen molar-refractivity contribution < 1.29 is 4.74 Å². The number of ether oxygens (including phenoxy) is 1. The molecule has 1 nitrogen and oxygen atoms in total. The van der Waals surface area contributed by atoms with Crippen molar-refractivity contribution >= 4 is 23.2 Å². The molecule has 0 fully saturated rings. The Kier molecular flexibility index (Phi) is 7.64. The Morgan fingerprint density at radius 1 is 0.621 bits per heavy atom. The van der Waals surface area contributed by atoms with Crippen LogP contribution in [0, 0.1) is 5.92 Å². The maximum absolute atomic E-state index is 6.33. The minimum absolute atomic E-state index is 0.250. The molecule has 0 bridgehead atoms. The van der Waals surface area contributed by atoms with E-state index < -0.39 is 7.26 Å². The molecule has 0 spiro atoms. The molecule has 0 unspecified atom stereocenters. The lowest BCUT2D eigenvalue weighted by Crippen LogP contribution is -2.35. The van der Waals surface area contributed by atoms with Gasteiger partial charge in [-0.25, -0.2) is 0 Å². The minimum atomic E-state index is -1.77. The van der Waals surface area contributed by atoms with E-state index in [0.717, 1.165) is 12.6 Å². The maximum Gasteiger partial charge on any atom is 0.112 e. The third kappa shape index (κ3) is 5.16. The van der Waals surface area contributed by atoms with Gasteiger partial charge in [-0.3, -0.25) is 0 Å². The normalized spacial score (nSPS) is 13.0. The molecule has 152 valence electrons. The molecule has 0 saturated carbocycles. The first kappa shape index (κ1) is 21.8. The quantitative estimate of drug-likeness (QED) is 0.408. The summed E-state index contributed by atoms with van der Waals surface area (Å²) in [5.74, 6) is 0.502. The molecule has 29 heavy (non-hydrogen) atoms. The van der Waals surface area contributed by atoms with Crippen LogP contribution >= 0.6 is 7.26 Å².